The molecule has 0 aliphatic carbocycles. The summed E-state index contributed by atoms with van der Waals surface area (Å²) in [6.45, 7) is -0.361. The molecule has 1 aliphatic heterocycles. The number of nitrogens with zero attached hydrogens (tertiary/aromatic N) is 1. The van der Waals surface area contributed by atoms with Crippen molar-refractivity contribution in [3.8, 4) is 0 Å². The summed E-state index contributed by atoms with van der Waals surface area (Å²) in [5.41, 5.74) is 0.552. The van der Waals surface area contributed by atoms with Gasteiger partial charge in [-0.3, -0.25) is 14.5 Å². The number of carbonyl (C=O) groups excluding carboxylic acids is 3. The molecule has 1 heterocycles. The molecule has 7 heteroatoms. The highest BCUT2D eigenvalue weighted by Gasteiger charge is 2.29. The maximum atomic E-state index is 11.6. The van der Waals surface area contributed by atoms with E-state index < -0.39 is 17.8 Å². The average Bonchev–Trinajstić information content (AvgIpc) is 2.64. The van der Waals surface area contributed by atoms with Crippen LogP contribution in [0, 0.1) is 0 Å². The van der Waals surface area contributed by atoms with Crippen LogP contribution in [0.5, 0.6) is 0 Å². The third kappa shape index (κ3) is 2.78. The summed E-state index contributed by atoms with van der Waals surface area (Å²) >= 11 is 5.71. The molecule has 1 aromatic carbocycles. The van der Waals surface area contributed by atoms with Gasteiger partial charge < -0.3 is 10.6 Å². The highest BCUT2D eigenvalue weighted by molar-refractivity contribution is 6.30. The summed E-state index contributed by atoms with van der Waals surface area (Å²) in [7, 11) is 0. The van der Waals surface area contributed by atoms with Crippen LogP contribution in [-0.2, 0) is 9.59 Å². The molecule has 0 aromatic heterocycles. The topological polar surface area (TPSA) is 78.5 Å². The molecule has 1 aromatic rings. The quantitative estimate of drug-likeness (QED) is 0.796. The first kappa shape index (κ1) is 12.4. The Kier molecular flexibility index (Phi) is 3.47. The Labute approximate surface area is 108 Å². The van der Waals surface area contributed by atoms with E-state index in [2.05, 4.69) is 10.6 Å². The third-order valence-electron chi connectivity index (χ3n) is 2.37. The van der Waals surface area contributed by atoms with Crippen molar-refractivity contribution in [3.05, 3.63) is 29.3 Å². The van der Waals surface area contributed by atoms with E-state index in [0.717, 1.165) is 4.90 Å². The van der Waals surface area contributed by atoms with Crippen molar-refractivity contribution in [1.29, 1.82) is 0 Å². The van der Waals surface area contributed by atoms with Crippen LogP contribution in [0.3, 0.4) is 0 Å². The molecule has 0 saturated carbocycles. The summed E-state index contributed by atoms with van der Waals surface area (Å²) in [5.74, 6) is -0.853. The van der Waals surface area contributed by atoms with Crippen molar-refractivity contribution in [2.45, 2.75) is 0 Å². The molecule has 1 saturated heterocycles. The van der Waals surface area contributed by atoms with Gasteiger partial charge in [-0.05, 0) is 24.3 Å². The van der Waals surface area contributed by atoms with Gasteiger partial charge in [0.2, 0.25) is 5.91 Å². The first-order chi connectivity index (χ1) is 8.56. The number of hydrogen-bond acceptors (Lipinski definition) is 3. The van der Waals surface area contributed by atoms with Crippen LogP contribution >= 0.6 is 11.6 Å². The normalized spacial score (nSPS) is 14.6. The van der Waals surface area contributed by atoms with Gasteiger partial charge in [-0.15, -0.1) is 0 Å². The Balaban J connectivity index is 1.94. The second kappa shape index (κ2) is 5.05. The molecule has 94 valence electrons. The molecule has 0 atom stereocenters. The van der Waals surface area contributed by atoms with Gasteiger partial charge in [0.05, 0.1) is 6.54 Å². The molecule has 2 N–H and O–H groups in total. The average molecular weight is 268 g/mol. The van der Waals surface area contributed by atoms with Crippen molar-refractivity contribution < 1.29 is 14.4 Å². The fourth-order valence-electron chi connectivity index (χ4n) is 1.49. The summed E-state index contributed by atoms with van der Waals surface area (Å²) in [6.07, 6.45) is 0. The van der Waals surface area contributed by atoms with E-state index in [1.807, 2.05) is 0 Å². The monoisotopic (exact) mass is 267 g/mol. The van der Waals surface area contributed by atoms with Crippen molar-refractivity contribution in [3.63, 3.8) is 0 Å². The smallest absolute Gasteiger partial charge is 0.325 e. The Hall–Kier alpha value is -2.08. The fourth-order valence-corrected chi connectivity index (χ4v) is 1.62. The molecule has 0 spiro atoms. The number of carbonyl (C=O) groups is 3. The van der Waals surface area contributed by atoms with E-state index in [0.29, 0.717) is 10.7 Å². The van der Waals surface area contributed by atoms with Crippen molar-refractivity contribution in [2.75, 3.05) is 18.4 Å². The Morgan fingerprint density at radius 2 is 2.00 bits per heavy atom. The van der Waals surface area contributed by atoms with Crippen LogP contribution in [0.15, 0.2) is 24.3 Å². The van der Waals surface area contributed by atoms with Gasteiger partial charge in [0, 0.05) is 10.7 Å². The second-order valence-corrected chi connectivity index (χ2v) is 4.13. The molecule has 0 radical (unpaired) electrons. The molecule has 18 heavy (non-hydrogen) atoms. The maximum absolute atomic E-state index is 11.6. The molecule has 1 aliphatic rings. The van der Waals surface area contributed by atoms with Crippen molar-refractivity contribution in [2.24, 2.45) is 0 Å². The summed E-state index contributed by atoms with van der Waals surface area (Å²) in [5, 5.41) is 5.46. The van der Waals surface area contributed by atoms with E-state index >= 15 is 0 Å². The zero-order chi connectivity index (χ0) is 13.1. The van der Waals surface area contributed by atoms with E-state index in [1.165, 1.54) is 0 Å². The number of amides is 4. The van der Waals surface area contributed by atoms with Gasteiger partial charge in [-0.2, -0.15) is 0 Å². The van der Waals surface area contributed by atoms with E-state index in [1.54, 1.807) is 24.3 Å². The molecular formula is C11H10ClN3O3. The summed E-state index contributed by atoms with van der Waals surface area (Å²) in [4.78, 5) is 35.0. The molecule has 6 nitrogen and oxygen atoms in total. The predicted molar refractivity (Wildman–Crippen MR) is 65.2 cm³/mol. The lowest BCUT2D eigenvalue weighted by molar-refractivity contribution is -0.128. The number of hydrogen-bond donors (Lipinski definition) is 2. The van der Waals surface area contributed by atoms with Crippen LogP contribution < -0.4 is 10.6 Å². The van der Waals surface area contributed by atoms with Crippen LogP contribution in [0.1, 0.15) is 0 Å². The minimum absolute atomic E-state index is 0.0624. The SMILES string of the molecule is O=C(CN1C(=O)CNC1=O)Nc1ccc(Cl)cc1. The largest absolute Gasteiger partial charge is 0.329 e. The Bertz CT molecular complexity index is 485. The van der Waals surface area contributed by atoms with E-state index in [-0.39, 0.29) is 13.1 Å². The lowest BCUT2D eigenvalue weighted by Crippen LogP contribution is -2.38. The summed E-state index contributed by atoms with van der Waals surface area (Å²) in [6, 6.07) is 5.97. The first-order valence-corrected chi connectivity index (χ1v) is 5.57. The van der Waals surface area contributed by atoms with Gasteiger partial charge in [0.1, 0.15) is 6.54 Å². The van der Waals surface area contributed by atoms with Crippen LogP contribution in [0.2, 0.25) is 5.02 Å². The molecule has 0 bridgehead atoms. The fraction of sp³-hybridized carbons (Fsp3) is 0.182. The highest BCUT2D eigenvalue weighted by atomic mass is 35.5. The molecule has 2 rings (SSSR count). The maximum Gasteiger partial charge on any atom is 0.325 e. The zero-order valence-corrected chi connectivity index (χ0v) is 10.0. The lowest BCUT2D eigenvalue weighted by atomic mass is 10.3. The number of benzene rings is 1. The number of rotatable bonds is 3. The number of anilines is 1. The van der Waals surface area contributed by atoms with Gasteiger partial charge in [0.15, 0.2) is 0 Å². The Morgan fingerprint density at radius 3 is 2.56 bits per heavy atom. The van der Waals surface area contributed by atoms with Crippen LogP contribution in [0.25, 0.3) is 0 Å². The highest BCUT2D eigenvalue weighted by Crippen LogP contribution is 2.13. The first-order valence-electron chi connectivity index (χ1n) is 5.20. The Morgan fingerprint density at radius 1 is 1.33 bits per heavy atom. The van der Waals surface area contributed by atoms with Crippen molar-refractivity contribution >= 4 is 35.1 Å². The zero-order valence-electron chi connectivity index (χ0n) is 9.27. The van der Waals surface area contributed by atoms with Crippen LogP contribution in [0.4, 0.5) is 10.5 Å². The van der Waals surface area contributed by atoms with Gasteiger partial charge >= 0.3 is 6.03 Å². The standard InChI is InChI=1S/C11H10ClN3O3/c12-7-1-3-8(4-2-7)14-9(16)6-15-10(17)5-13-11(15)18/h1-4H,5-6H2,(H,13,18)(H,14,16). The number of imide groups is 1. The van der Waals surface area contributed by atoms with Gasteiger partial charge in [0.25, 0.3) is 5.91 Å². The predicted octanol–water partition coefficient (Wildman–Crippen LogP) is 0.830. The second-order valence-electron chi connectivity index (χ2n) is 3.69. The third-order valence-corrected chi connectivity index (χ3v) is 2.62. The molecular weight excluding hydrogens is 258 g/mol. The van der Waals surface area contributed by atoms with E-state index in [4.69, 9.17) is 11.6 Å². The van der Waals surface area contributed by atoms with Crippen LogP contribution in [-0.4, -0.2) is 35.8 Å². The lowest BCUT2D eigenvalue weighted by Gasteiger charge is -2.12. The number of halogens is 1. The summed E-state index contributed by atoms with van der Waals surface area (Å²) < 4.78 is 0. The van der Waals surface area contributed by atoms with Gasteiger partial charge in [-0.25, -0.2) is 4.79 Å². The number of nitrogens with one attached hydrogen (secondary N) is 2. The minimum Gasteiger partial charge on any atom is -0.329 e. The minimum atomic E-state index is -0.550. The van der Waals surface area contributed by atoms with Crippen molar-refractivity contribution in [1.82, 2.24) is 10.2 Å². The van der Waals surface area contributed by atoms with Gasteiger partial charge in [-0.1, -0.05) is 11.6 Å². The molecule has 0 unspecified atom stereocenters. The van der Waals surface area contributed by atoms with E-state index in [9.17, 15) is 14.4 Å². The molecule has 1 fully saturated rings. The number of urea groups is 1. The molecule has 4 amide bonds.